The maximum absolute atomic E-state index is 12.2. The van der Waals surface area contributed by atoms with E-state index in [9.17, 15) is 8.42 Å². The molecule has 0 saturated heterocycles. The van der Waals surface area contributed by atoms with E-state index >= 15 is 0 Å². The summed E-state index contributed by atoms with van der Waals surface area (Å²) < 4.78 is 27.0. The summed E-state index contributed by atoms with van der Waals surface area (Å²) in [5.41, 5.74) is 6.09. The van der Waals surface area contributed by atoms with Crippen LogP contribution in [0.2, 0.25) is 10.0 Å². The van der Waals surface area contributed by atoms with Crippen LogP contribution in [0, 0.1) is 11.3 Å². The lowest BCUT2D eigenvalue weighted by molar-refractivity contribution is 0.537. The summed E-state index contributed by atoms with van der Waals surface area (Å²) in [6.45, 7) is 4.61. The topological polar surface area (TPSA) is 72.2 Å². The highest BCUT2D eigenvalue weighted by atomic mass is 35.5. The number of hydrogen-bond acceptors (Lipinski definition) is 3. The fourth-order valence-electron chi connectivity index (χ4n) is 2.04. The van der Waals surface area contributed by atoms with Crippen LogP contribution in [0.15, 0.2) is 17.0 Å². The molecule has 0 aliphatic heterocycles. The predicted molar refractivity (Wildman–Crippen MR) is 78.0 cm³/mol. The van der Waals surface area contributed by atoms with Crippen molar-refractivity contribution in [2.24, 2.45) is 11.3 Å². The van der Waals surface area contributed by atoms with Gasteiger partial charge in [0.1, 0.15) is 4.90 Å². The Labute approximate surface area is 123 Å². The first-order valence-electron chi connectivity index (χ1n) is 5.88. The summed E-state index contributed by atoms with van der Waals surface area (Å²) in [5.74, 6) is 0.355. The zero-order valence-electron chi connectivity index (χ0n) is 10.7. The summed E-state index contributed by atoms with van der Waals surface area (Å²) in [5, 5.41) is 0.0696. The number of nitrogens with one attached hydrogen (secondary N) is 1. The molecule has 0 spiro atoms. The molecule has 1 fully saturated rings. The summed E-state index contributed by atoms with van der Waals surface area (Å²) in [6, 6.07) is 2.76. The molecule has 2 rings (SSSR count). The maximum Gasteiger partial charge on any atom is 0.243 e. The van der Waals surface area contributed by atoms with Gasteiger partial charge in [-0.05, 0) is 29.9 Å². The molecule has 106 valence electrons. The van der Waals surface area contributed by atoms with Gasteiger partial charge in [0.05, 0.1) is 10.0 Å². The van der Waals surface area contributed by atoms with E-state index in [1.807, 2.05) is 0 Å². The second kappa shape index (κ2) is 4.81. The van der Waals surface area contributed by atoms with Gasteiger partial charge in [-0.1, -0.05) is 37.0 Å². The van der Waals surface area contributed by atoms with E-state index < -0.39 is 10.0 Å². The van der Waals surface area contributed by atoms with Crippen molar-refractivity contribution in [2.75, 3.05) is 12.3 Å². The molecular weight excluding hydrogens is 307 g/mol. The van der Waals surface area contributed by atoms with Crippen LogP contribution in [0.5, 0.6) is 0 Å². The summed E-state index contributed by atoms with van der Waals surface area (Å²) in [6.07, 6.45) is 1.01. The Morgan fingerprint density at radius 2 is 1.84 bits per heavy atom. The molecule has 4 nitrogen and oxygen atoms in total. The van der Waals surface area contributed by atoms with Crippen LogP contribution >= 0.6 is 23.2 Å². The number of rotatable bonds is 4. The maximum atomic E-state index is 12.2. The number of sulfonamides is 1. The number of anilines is 1. The zero-order chi connectivity index (χ0) is 14.4. The van der Waals surface area contributed by atoms with E-state index in [0.29, 0.717) is 18.2 Å². The van der Waals surface area contributed by atoms with Crippen LogP contribution in [-0.2, 0) is 10.0 Å². The minimum absolute atomic E-state index is 0.0348. The molecule has 1 saturated carbocycles. The van der Waals surface area contributed by atoms with Crippen molar-refractivity contribution in [3.63, 3.8) is 0 Å². The van der Waals surface area contributed by atoms with Crippen LogP contribution in [0.1, 0.15) is 20.3 Å². The van der Waals surface area contributed by atoms with Gasteiger partial charge >= 0.3 is 0 Å². The molecule has 7 heteroatoms. The molecule has 1 atom stereocenters. The normalized spacial score (nSPS) is 21.4. The van der Waals surface area contributed by atoms with Gasteiger partial charge in [0.2, 0.25) is 10.0 Å². The number of halogens is 2. The standard InChI is InChI=1S/C12H16Cl2N2O2S/c1-12(2)5-7(12)6-16-19(17,18)11-9(13)3-8(15)4-10(11)14/h3-4,7,16H,5-6,15H2,1-2H3. The van der Waals surface area contributed by atoms with Gasteiger partial charge in [-0.3, -0.25) is 0 Å². The van der Waals surface area contributed by atoms with Crippen molar-refractivity contribution in [3.8, 4) is 0 Å². The Bertz CT molecular complexity index is 591. The van der Waals surface area contributed by atoms with Gasteiger partial charge in [-0.2, -0.15) is 0 Å². The van der Waals surface area contributed by atoms with Gasteiger partial charge in [0.15, 0.2) is 0 Å². The van der Waals surface area contributed by atoms with Crippen LogP contribution in [0.4, 0.5) is 5.69 Å². The Kier molecular flexibility index (Phi) is 3.77. The van der Waals surface area contributed by atoms with Crippen molar-refractivity contribution in [1.82, 2.24) is 4.72 Å². The number of nitrogens with two attached hydrogens (primary N) is 1. The Morgan fingerprint density at radius 1 is 1.37 bits per heavy atom. The van der Waals surface area contributed by atoms with Gasteiger partial charge in [-0.15, -0.1) is 0 Å². The second-order valence-electron chi connectivity index (χ2n) is 5.56. The van der Waals surface area contributed by atoms with Crippen molar-refractivity contribution in [2.45, 2.75) is 25.2 Å². The fraction of sp³-hybridized carbons (Fsp3) is 0.500. The third-order valence-electron chi connectivity index (χ3n) is 3.53. The molecule has 1 aromatic rings. The molecule has 1 aliphatic carbocycles. The van der Waals surface area contributed by atoms with Gasteiger partial charge in [-0.25, -0.2) is 13.1 Å². The highest BCUT2D eigenvalue weighted by molar-refractivity contribution is 7.89. The predicted octanol–water partition coefficient (Wildman–Crippen LogP) is 2.90. The zero-order valence-corrected chi connectivity index (χ0v) is 13.0. The fourth-order valence-corrected chi connectivity index (χ4v) is 4.35. The van der Waals surface area contributed by atoms with Crippen LogP contribution < -0.4 is 10.5 Å². The van der Waals surface area contributed by atoms with Crippen molar-refractivity contribution >= 4 is 38.9 Å². The van der Waals surface area contributed by atoms with E-state index in [0.717, 1.165) is 6.42 Å². The number of hydrogen-bond donors (Lipinski definition) is 2. The smallest absolute Gasteiger partial charge is 0.243 e. The number of benzene rings is 1. The first-order valence-corrected chi connectivity index (χ1v) is 8.11. The van der Waals surface area contributed by atoms with Crippen LogP contribution in [0.25, 0.3) is 0 Å². The Hall–Kier alpha value is -0.490. The lowest BCUT2D eigenvalue weighted by Gasteiger charge is -2.11. The van der Waals surface area contributed by atoms with E-state index in [1.54, 1.807) is 0 Å². The quantitative estimate of drug-likeness (QED) is 0.837. The van der Waals surface area contributed by atoms with Crippen molar-refractivity contribution in [1.29, 1.82) is 0 Å². The summed E-state index contributed by atoms with van der Waals surface area (Å²) >= 11 is 11.8. The molecule has 0 radical (unpaired) electrons. The molecule has 1 unspecified atom stereocenters. The SMILES string of the molecule is CC1(C)CC1CNS(=O)(=O)c1c(Cl)cc(N)cc1Cl. The van der Waals surface area contributed by atoms with Gasteiger partial charge < -0.3 is 5.73 Å². The average molecular weight is 323 g/mol. The minimum atomic E-state index is -3.71. The second-order valence-corrected chi connectivity index (χ2v) is 8.07. The molecular formula is C12H16Cl2N2O2S. The van der Waals surface area contributed by atoms with E-state index in [2.05, 4.69) is 18.6 Å². The van der Waals surface area contributed by atoms with Crippen molar-refractivity contribution < 1.29 is 8.42 Å². The molecule has 3 N–H and O–H groups in total. The first-order chi connectivity index (χ1) is 8.63. The third kappa shape index (κ3) is 3.16. The molecule has 0 aromatic heterocycles. The molecule has 0 amide bonds. The van der Waals surface area contributed by atoms with Gasteiger partial charge in [0.25, 0.3) is 0 Å². The highest BCUT2D eigenvalue weighted by Gasteiger charge is 2.45. The summed E-state index contributed by atoms with van der Waals surface area (Å²) in [7, 11) is -3.71. The van der Waals surface area contributed by atoms with E-state index in [1.165, 1.54) is 12.1 Å². The molecule has 1 aliphatic rings. The molecule has 1 aromatic carbocycles. The summed E-state index contributed by atoms with van der Waals surface area (Å²) in [4.78, 5) is -0.108. The lowest BCUT2D eigenvalue weighted by atomic mass is 10.1. The van der Waals surface area contributed by atoms with Crippen LogP contribution in [-0.4, -0.2) is 15.0 Å². The monoisotopic (exact) mass is 322 g/mol. The molecule has 19 heavy (non-hydrogen) atoms. The van der Waals surface area contributed by atoms with E-state index in [-0.39, 0.29) is 20.4 Å². The average Bonchev–Trinajstić information content (AvgIpc) is 2.81. The van der Waals surface area contributed by atoms with Crippen molar-refractivity contribution in [3.05, 3.63) is 22.2 Å². The molecule has 0 bridgehead atoms. The molecule has 0 heterocycles. The first kappa shape index (κ1) is 14.9. The lowest BCUT2D eigenvalue weighted by Crippen LogP contribution is -2.27. The Morgan fingerprint density at radius 3 is 2.26 bits per heavy atom. The van der Waals surface area contributed by atoms with Crippen LogP contribution in [0.3, 0.4) is 0 Å². The highest BCUT2D eigenvalue weighted by Crippen LogP contribution is 2.51. The Balaban J connectivity index is 2.20. The number of nitrogen functional groups attached to an aromatic ring is 1. The largest absolute Gasteiger partial charge is 0.399 e. The van der Waals surface area contributed by atoms with Gasteiger partial charge in [0, 0.05) is 12.2 Å². The minimum Gasteiger partial charge on any atom is -0.399 e. The van der Waals surface area contributed by atoms with E-state index in [4.69, 9.17) is 28.9 Å². The third-order valence-corrected chi connectivity index (χ3v) is 5.87.